The highest BCUT2D eigenvalue weighted by molar-refractivity contribution is 5.74. The Hall–Kier alpha value is -2.70. The van der Waals surface area contributed by atoms with Gasteiger partial charge in [0, 0.05) is 18.8 Å². The third kappa shape index (κ3) is 3.45. The van der Waals surface area contributed by atoms with Crippen LogP contribution in [-0.2, 0) is 0 Å². The lowest BCUT2D eigenvalue weighted by Crippen LogP contribution is -2.35. The fourth-order valence-corrected chi connectivity index (χ4v) is 3.02. The van der Waals surface area contributed by atoms with E-state index in [0.29, 0.717) is 11.7 Å². The van der Waals surface area contributed by atoms with Gasteiger partial charge in [0.1, 0.15) is 6.33 Å². The van der Waals surface area contributed by atoms with Crippen LogP contribution in [0.25, 0.3) is 0 Å². The largest absolute Gasteiger partial charge is 0.353 e. The van der Waals surface area contributed by atoms with E-state index in [2.05, 4.69) is 22.2 Å². The molecular formula is C17H21N5O2. The van der Waals surface area contributed by atoms with Gasteiger partial charge in [0.2, 0.25) is 11.6 Å². The molecule has 1 aliphatic heterocycles. The first-order chi connectivity index (χ1) is 11.5. The number of aryl methyl sites for hydroxylation is 1. The first-order valence-electron chi connectivity index (χ1n) is 8.12. The lowest BCUT2D eigenvalue weighted by atomic mass is 10.0. The Morgan fingerprint density at radius 2 is 2.04 bits per heavy atom. The number of nitrogens with one attached hydrogen (secondary N) is 1. The van der Waals surface area contributed by atoms with Crippen molar-refractivity contribution in [2.45, 2.75) is 26.7 Å². The van der Waals surface area contributed by atoms with E-state index in [1.54, 1.807) is 0 Å². The zero-order valence-electron chi connectivity index (χ0n) is 13.9. The average Bonchev–Trinajstić information content (AvgIpc) is 2.56. The van der Waals surface area contributed by atoms with Crippen LogP contribution < -0.4 is 10.2 Å². The predicted molar refractivity (Wildman–Crippen MR) is 93.8 cm³/mol. The van der Waals surface area contributed by atoms with Gasteiger partial charge in [0.05, 0.1) is 4.92 Å². The summed E-state index contributed by atoms with van der Waals surface area (Å²) in [4.78, 5) is 21.6. The maximum absolute atomic E-state index is 11.7. The molecule has 1 saturated heterocycles. The molecule has 2 aromatic rings. The summed E-state index contributed by atoms with van der Waals surface area (Å²) in [6.07, 6.45) is 3.55. The minimum atomic E-state index is -0.398. The van der Waals surface area contributed by atoms with Crippen LogP contribution in [0.5, 0.6) is 0 Å². The van der Waals surface area contributed by atoms with Crippen LogP contribution in [0.4, 0.5) is 23.0 Å². The molecule has 126 valence electrons. The maximum Gasteiger partial charge on any atom is 0.353 e. The van der Waals surface area contributed by atoms with E-state index in [-0.39, 0.29) is 11.5 Å². The Morgan fingerprint density at radius 1 is 1.29 bits per heavy atom. The Labute approximate surface area is 140 Å². The minimum Gasteiger partial charge on any atom is -0.350 e. The van der Waals surface area contributed by atoms with Crippen molar-refractivity contribution in [2.75, 3.05) is 23.3 Å². The molecule has 0 spiro atoms. The highest BCUT2D eigenvalue weighted by atomic mass is 16.6. The van der Waals surface area contributed by atoms with E-state index in [9.17, 15) is 10.1 Å². The number of benzene rings is 1. The molecule has 1 aromatic carbocycles. The summed E-state index contributed by atoms with van der Waals surface area (Å²) < 4.78 is 0. The van der Waals surface area contributed by atoms with Crippen LogP contribution in [-0.4, -0.2) is 28.0 Å². The van der Waals surface area contributed by atoms with Crippen LogP contribution in [0.15, 0.2) is 30.6 Å². The number of aromatic nitrogens is 2. The Morgan fingerprint density at radius 3 is 2.71 bits per heavy atom. The van der Waals surface area contributed by atoms with Gasteiger partial charge in [0.15, 0.2) is 0 Å². The smallest absolute Gasteiger partial charge is 0.350 e. The maximum atomic E-state index is 11.7. The summed E-state index contributed by atoms with van der Waals surface area (Å²) in [5, 5.41) is 14.7. The molecule has 1 aliphatic rings. The Bertz CT molecular complexity index is 732. The predicted octanol–water partition coefficient (Wildman–Crippen LogP) is 3.67. The van der Waals surface area contributed by atoms with Gasteiger partial charge < -0.3 is 10.2 Å². The van der Waals surface area contributed by atoms with Gasteiger partial charge in [-0.15, -0.1) is 0 Å². The number of hydrogen-bond donors (Lipinski definition) is 1. The number of nitrogens with zero attached hydrogens (tertiary/aromatic N) is 4. The zero-order valence-corrected chi connectivity index (χ0v) is 13.9. The van der Waals surface area contributed by atoms with Gasteiger partial charge in [-0.2, -0.15) is 0 Å². The first kappa shape index (κ1) is 16.2. The number of hydrogen-bond acceptors (Lipinski definition) is 6. The molecule has 1 N–H and O–H groups in total. The number of rotatable bonds is 4. The first-order valence-corrected chi connectivity index (χ1v) is 8.12. The number of anilines is 3. The quantitative estimate of drug-likeness (QED) is 0.681. The zero-order chi connectivity index (χ0) is 17.1. The molecule has 0 amide bonds. The number of piperidine rings is 1. The van der Waals surface area contributed by atoms with E-state index in [1.165, 1.54) is 6.33 Å². The van der Waals surface area contributed by atoms with Crippen LogP contribution >= 0.6 is 0 Å². The molecule has 1 unspecified atom stereocenters. The van der Waals surface area contributed by atoms with Gasteiger partial charge in [0.25, 0.3) is 0 Å². The molecule has 0 saturated carbocycles. The summed E-state index contributed by atoms with van der Waals surface area (Å²) in [5.74, 6) is 1.13. The van der Waals surface area contributed by atoms with Crippen molar-refractivity contribution in [3.05, 3.63) is 46.3 Å². The highest BCUT2D eigenvalue weighted by Gasteiger charge is 2.29. The molecule has 1 atom stereocenters. The van der Waals surface area contributed by atoms with Crippen molar-refractivity contribution in [3.8, 4) is 0 Å². The van der Waals surface area contributed by atoms with E-state index >= 15 is 0 Å². The van der Waals surface area contributed by atoms with Crippen molar-refractivity contribution in [1.29, 1.82) is 0 Å². The van der Waals surface area contributed by atoms with Crippen LogP contribution in [0.2, 0.25) is 0 Å². The third-order valence-electron chi connectivity index (χ3n) is 4.26. The van der Waals surface area contributed by atoms with Gasteiger partial charge in [-0.05, 0) is 37.8 Å². The molecule has 7 heteroatoms. The molecule has 7 nitrogen and oxygen atoms in total. The second-order valence-corrected chi connectivity index (χ2v) is 6.34. The summed E-state index contributed by atoms with van der Waals surface area (Å²) in [7, 11) is 0. The monoisotopic (exact) mass is 327 g/mol. The third-order valence-corrected chi connectivity index (χ3v) is 4.26. The van der Waals surface area contributed by atoms with Crippen molar-refractivity contribution in [1.82, 2.24) is 9.97 Å². The highest BCUT2D eigenvalue weighted by Crippen LogP contribution is 2.35. The molecular weight excluding hydrogens is 306 g/mol. The van der Waals surface area contributed by atoms with Crippen LogP contribution in [0.3, 0.4) is 0 Å². The van der Waals surface area contributed by atoms with Crippen molar-refractivity contribution < 1.29 is 4.92 Å². The minimum absolute atomic E-state index is 0.0628. The van der Waals surface area contributed by atoms with E-state index in [0.717, 1.165) is 37.2 Å². The SMILES string of the molecule is Cc1ccc(Nc2ncnc(N3CCCC(C)C3)c2[N+](=O)[O-])cc1. The average molecular weight is 327 g/mol. The van der Waals surface area contributed by atoms with Crippen molar-refractivity contribution in [2.24, 2.45) is 5.92 Å². The van der Waals surface area contributed by atoms with Crippen LogP contribution in [0, 0.1) is 23.0 Å². The molecule has 2 heterocycles. The van der Waals surface area contributed by atoms with Gasteiger partial charge in [-0.1, -0.05) is 24.6 Å². The number of nitro groups is 1. The van der Waals surface area contributed by atoms with E-state index < -0.39 is 4.92 Å². The van der Waals surface area contributed by atoms with Crippen LogP contribution in [0.1, 0.15) is 25.3 Å². The summed E-state index contributed by atoms with van der Waals surface area (Å²) in [6.45, 7) is 5.71. The summed E-state index contributed by atoms with van der Waals surface area (Å²) in [5.41, 5.74) is 1.83. The van der Waals surface area contributed by atoms with E-state index in [4.69, 9.17) is 0 Å². The molecule has 1 aromatic heterocycles. The standard InChI is InChI=1S/C17H21N5O2/c1-12-5-7-14(8-6-12)20-16-15(22(23)24)17(19-11-18-16)21-9-3-4-13(2)10-21/h5-8,11,13H,3-4,9-10H2,1-2H3,(H,18,19,20). The molecule has 0 aliphatic carbocycles. The fraction of sp³-hybridized carbons (Fsp3) is 0.412. The fourth-order valence-electron chi connectivity index (χ4n) is 3.02. The lowest BCUT2D eigenvalue weighted by Gasteiger charge is -2.31. The van der Waals surface area contributed by atoms with Gasteiger partial charge >= 0.3 is 5.69 Å². The second kappa shape index (κ2) is 6.82. The summed E-state index contributed by atoms with van der Waals surface area (Å²) in [6, 6.07) is 7.65. The Balaban J connectivity index is 1.95. The lowest BCUT2D eigenvalue weighted by molar-refractivity contribution is -0.383. The van der Waals surface area contributed by atoms with E-state index in [1.807, 2.05) is 36.1 Å². The molecule has 0 radical (unpaired) electrons. The second-order valence-electron chi connectivity index (χ2n) is 6.34. The normalized spacial score (nSPS) is 17.6. The molecule has 1 fully saturated rings. The van der Waals surface area contributed by atoms with Crippen molar-refractivity contribution >= 4 is 23.0 Å². The Kier molecular flexibility index (Phi) is 4.59. The van der Waals surface area contributed by atoms with Crippen molar-refractivity contribution in [3.63, 3.8) is 0 Å². The van der Waals surface area contributed by atoms with Gasteiger partial charge in [-0.3, -0.25) is 10.1 Å². The molecule has 24 heavy (non-hydrogen) atoms. The molecule has 0 bridgehead atoms. The van der Waals surface area contributed by atoms with Gasteiger partial charge in [-0.25, -0.2) is 9.97 Å². The summed E-state index contributed by atoms with van der Waals surface area (Å²) >= 11 is 0. The molecule has 3 rings (SSSR count). The topological polar surface area (TPSA) is 84.2 Å².